The molecular weight excluding hydrogens is 232 g/mol. The lowest BCUT2D eigenvalue weighted by Gasteiger charge is -2.30. The summed E-state index contributed by atoms with van der Waals surface area (Å²) in [4.78, 5) is 0. The van der Waals surface area contributed by atoms with Crippen molar-refractivity contribution in [2.24, 2.45) is 0 Å². The van der Waals surface area contributed by atoms with Crippen LogP contribution in [0.5, 0.6) is 0 Å². The SMILES string of the molecule is CC[Si](Cl)(CC)C1C(C)=Cc2ccccc21. The third kappa shape index (κ3) is 1.76. The van der Waals surface area contributed by atoms with Crippen LogP contribution in [-0.2, 0) is 0 Å². The van der Waals surface area contributed by atoms with E-state index in [1.54, 1.807) is 0 Å². The van der Waals surface area contributed by atoms with E-state index < -0.39 is 7.38 Å². The van der Waals surface area contributed by atoms with E-state index in [1.165, 1.54) is 16.7 Å². The molecule has 16 heavy (non-hydrogen) atoms. The number of fused-ring (bicyclic) bond motifs is 1. The van der Waals surface area contributed by atoms with Gasteiger partial charge in [0.1, 0.15) is 0 Å². The molecule has 2 heteroatoms. The van der Waals surface area contributed by atoms with Gasteiger partial charge in [0, 0.05) is 5.54 Å². The predicted molar refractivity (Wildman–Crippen MR) is 75.4 cm³/mol. The van der Waals surface area contributed by atoms with Crippen LogP contribution in [0.15, 0.2) is 29.8 Å². The molecule has 86 valence electrons. The average Bonchev–Trinajstić information content (AvgIpc) is 2.64. The van der Waals surface area contributed by atoms with Crippen LogP contribution >= 0.6 is 11.1 Å². The number of hydrogen-bond acceptors (Lipinski definition) is 0. The highest BCUT2D eigenvalue weighted by Gasteiger charge is 2.41. The standard InChI is InChI=1S/C14H19ClSi/c1-4-16(15,5-2)14-11(3)10-12-8-6-7-9-13(12)14/h6-10,14H,4-5H2,1-3H3. The second kappa shape index (κ2) is 4.38. The first-order valence-electron chi connectivity index (χ1n) is 6.08. The summed E-state index contributed by atoms with van der Waals surface area (Å²) in [5, 5.41) is 0. The van der Waals surface area contributed by atoms with Crippen LogP contribution in [-0.4, -0.2) is 7.38 Å². The molecule has 1 aliphatic rings. The van der Waals surface area contributed by atoms with Crippen molar-refractivity contribution in [2.45, 2.75) is 38.4 Å². The normalized spacial score (nSPS) is 19.5. The van der Waals surface area contributed by atoms with Gasteiger partial charge in [-0.2, -0.15) is 11.1 Å². The summed E-state index contributed by atoms with van der Waals surface area (Å²) in [5.74, 6) is 0. The number of benzene rings is 1. The molecule has 0 bridgehead atoms. The van der Waals surface area contributed by atoms with Crippen LogP contribution in [0.2, 0.25) is 12.1 Å². The maximum atomic E-state index is 6.94. The molecule has 0 radical (unpaired) electrons. The van der Waals surface area contributed by atoms with Crippen molar-refractivity contribution < 1.29 is 0 Å². The first-order chi connectivity index (χ1) is 7.62. The molecule has 1 aromatic rings. The molecule has 1 aliphatic carbocycles. The fourth-order valence-electron chi connectivity index (χ4n) is 2.82. The van der Waals surface area contributed by atoms with E-state index in [1.807, 2.05) is 0 Å². The molecule has 0 aromatic heterocycles. The van der Waals surface area contributed by atoms with Gasteiger partial charge < -0.3 is 0 Å². The summed E-state index contributed by atoms with van der Waals surface area (Å²) in [6.07, 6.45) is 2.31. The lowest BCUT2D eigenvalue weighted by Crippen LogP contribution is -2.34. The fourth-order valence-corrected chi connectivity index (χ4v) is 6.73. The van der Waals surface area contributed by atoms with Crippen molar-refractivity contribution >= 4 is 24.5 Å². The Morgan fingerprint density at radius 3 is 2.44 bits per heavy atom. The van der Waals surface area contributed by atoms with E-state index in [-0.39, 0.29) is 0 Å². The Balaban J connectivity index is 2.48. The molecule has 0 nitrogen and oxygen atoms in total. The summed E-state index contributed by atoms with van der Waals surface area (Å²) in [6.45, 7) is 6.73. The summed E-state index contributed by atoms with van der Waals surface area (Å²) in [5.41, 5.74) is 4.83. The lowest BCUT2D eigenvalue weighted by molar-refractivity contribution is 1.04. The zero-order chi connectivity index (χ0) is 11.8. The monoisotopic (exact) mass is 250 g/mol. The summed E-state index contributed by atoms with van der Waals surface area (Å²) in [7, 11) is -1.67. The average molecular weight is 251 g/mol. The molecule has 0 N–H and O–H groups in total. The maximum absolute atomic E-state index is 6.94. The van der Waals surface area contributed by atoms with Crippen molar-refractivity contribution in [3.63, 3.8) is 0 Å². The smallest absolute Gasteiger partial charge is 0.166 e. The zero-order valence-corrected chi connectivity index (χ0v) is 12.0. The second-order valence-electron chi connectivity index (χ2n) is 4.69. The van der Waals surface area contributed by atoms with Gasteiger partial charge in [-0.3, -0.25) is 0 Å². The van der Waals surface area contributed by atoms with Gasteiger partial charge in [-0.05, 0) is 30.1 Å². The Bertz CT molecular complexity index is 418. The minimum Gasteiger partial charge on any atom is -0.166 e. The van der Waals surface area contributed by atoms with Gasteiger partial charge >= 0.3 is 0 Å². The van der Waals surface area contributed by atoms with Gasteiger partial charge in [0.15, 0.2) is 7.38 Å². The highest BCUT2D eigenvalue weighted by atomic mass is 35.6. The highest BCUT2D eigenvalue weighted by molar-refractivity contribution is 7.21. The number of hydrogen-bond donors (Lipinski definition) is 0. The molecule has 1 aromatic carbocycles. The molecule has 0 aliphatic heterocycles. The minimum atomic E-state index is -1.67. The van der Waals surface area contributed by atoms with Gasteiger partial charge in [0.2, 0.25) is 0 Å². The van der Waals surface area contributed by atoms with Crippen LogP contribution in [0.3, 0.4) is 0 Å². The van der Waals surface area contributed by atoms with Gasteiger partial charge in [0.25, 0.3) is 0 Å². The predicted octanol–water partition coefficient (Wildman–Crippen LogP) is 4.95. The highest BCUT2D eigenvalue weighted by Crippen LogP contribution is 2.46. The van der Waals surface area contributed by atoms with Crippen molar-refractivity contribution in [3.05, 3.63) is 41.0 Å². The van der Waals surface area contributed by atoms with Crippen LogP contribution in [0, 0.1) is 0 Å². The Morgan fingerprint density at radius 1 is 1.19 bits per heavy atom. The molecule has 0 saturated carbocycles. The zero-order valence-electron chi connectivity index (χ0n) is 10.3. The molecular formula is C14H19ClSi. The molecule has 1 atom stereocenters. The Hall–Kier alpha value is -0.533. The van der Waals surface area contributed by atoms with Gasteiger partial charge in [-0.1, -0.05) is 49.8 Å². The van der Waals surface area contributed by atoms with Crippen molar-refractivity contribution in [1.82, 2.24) is 0 Å². The van der Waals surface area contributed by atoms with Crippen LogP contribution in [0.1, 0.15) is 37.4 Å². The summed E-state index contributed by atoms with van der Waals surface area (Å²) in [6, 6.07) is 11.0. The van der Waals surface area contributed by atoms with Crippen molar-refractivity contribution in [1.29, 1.82) is 0 Å². The summed E-state index contributed by atoms with van der Waals surface area (Å²) >= 11 is 6.94. The van der Waals surface area contributed by atoms with Gasteiger partial charge in [0.05, 0.1) is 0 Å². The van der Waals surface area contributed by atoms with E-state index >= 15 is 0 Å². The molecule has 0 fully saturated rings. The Morgan fingerprint density at radius 2 is 1.81 bits per heavy atom. The molecule has 0 spiro atoms. The van der Waals surface area contributed by atoms with Crippen molar-refractivity contribution in [2.75, 3.05) is 0 Å². The van der Waals surface area contributed by atoms with E-state index in [9.17, 15) is 0 Å². The largest absolute Gasteiger partial charge is 0.167 e. The Labute approximate surface area is 104 Å². The van der Waals surface area contributed by atoms with E-state index in [4.69, 9.17) is 11.1 Å². The van der Waals surface area contributed by atoms with E-state index in [2.05, 4.69) is 51.1 Å². The van der Waals surface area contributed by atoms with E-state index in [0.717, 1.165) is 12.1 Å². The summed E-state index contributed by atoms with van der Waals surface area (Å²) < 4.78 is 0. The Kier molecular flexibility index (Phi) is 3.27. The van der Waals surface area contributed by atoms with Crippen molar-refractivity contribution in [3.8, 4) is 0 Å². The number of allylic oxidation sites excluding steroid dienone is 1. The molecule has 0 saturated heterocycles. The molecule has 0 heterocycles. The van der Waals surface area contributed by atoms with Gasteiger partial charge in [-0.25, -0.2) is 0 Å². The van der Waals surface area contributed by atoms with Crippen LogP contribution in [0.25, 0.3) is 6.08 Å². The molecule has 1 unspecified atom stereocenters. The number of halogens is 1. The second-order valence-corrected chi connectivity index (χ2v) is 11.0. The van der Waals surface area contributed by atoms with Gasteiger partial charge in [-0.15, -0.1) is 0 Å². The third-order valence-corrected chi connectivity index (χ3v) is 10.2. The van der Waals surface area contributed by atoms with E-state index in [0.29, 0.717) is 5.54 Å². The maximum Gasteiger partial charge on any atom is 0.167 e. The first-order valence-corrected chi connectivity index (χ1v) is 9.58. The third-order valence-electron chi connectivity index (χ3n) is 3.84. The fraction of sp³-hybridized carbons (Fsp3) is 0.429. The topological polar surface area (TPSA) is 0 Å². The molecule has 2 rings (SSSR count). The van der Waals surface area contributed by atoms with Crippen LogP contribution < -0.4 is 0 Å². The van der Waals surface area contributed by atoms with Crippen LogP contribution in [0.4, 0.5) is 0 Å². The number of rotatable bonds is 3. The quantitative estimate of drug-likeness (QED) is 0.526. The molecule has 0 amide bonds. The first kappa shape index (κ1) is 11.9. The lowest BCUT2D eigenvalue weighted by atomic mass is 10.1. The minimum absolute atomic E-state index is 0.528.